The molecular weight excluding hydrogens is 686 g/mol. The van der Waals surface area contributed by atoms with Gasteiger partial charge in [-0.15, -0.1) is 0 Å². The van der Waals surface area contributed by atoms with Gasteiger partial charge in [0.25, 0.3) is 11.2 Å². The minimum Gasteiger partial charge on any atom is -0.493 e. The number of thiazole rings is 1. The summed E-state index contributed by atoms with van der Waals surface area (Å²) in [7, 11) is 1.55. The molecule has 0 saturated carbocycles. The Kier molecular flexibility index (Phi) is 9.06. The molecule has 0 aliphatic carbocycles. The van der Waals surface area contributed by atoms with Crippen LogP contribution in [0.25, 0.3) is 16.8 Å². The van der Waals surface area contributed by atoms with Crippen molar-refractivity contribution in [3.63, 3.8) is 0 Å². The summed E-state index contributed by atoms with van der Waals surface area (Å²) in [6, 6.07) is 22.6. The molecule has 0 radical (unpaired) electrons. The molecule has 12 heteroatoms. The van der Waals surface area contributed by atoms with Crippen LogP contribution in [0.15, 0.2) is 104 Å². The third-order valence-corrected chi connectivity index (χ3v) is 9.44. The van der Waals surface area contributed by atoms with Gasteiger partial charge in [0.15, 0.2) is 16.3 Å². The molecule has 0 N–H and O–H groups in total. The van der Waals surface area contributed by atoms with Crippen LogP contribution >= 0.6 is 27.3 Å². The number of methoxy groups -OCH3 is 1. The van der Waals surface area contributed by atoms with Crippen LogP contribution in [0.4, 0.5) is 5.69 Å². The van der Waals surface area contributed by atoms with Gasteiger partial charge >= 0.3 is 5.97 Å². The lowest BCUT2D eigenvalue weighted by atomic mass is 9.95. The number of esters is 1. The topological polar surface area (TPSA) is 122 Å². The van der Waals surface area contributed by atoms with Gasteiger partial charge in [0.1, 0.15) is 6.61 Å². The number of allylic oxidation sites excluding steroid dienone is 1. The number of nitrogens with zero attached hydrogens (tertiary/aromatic N) is 3. The third kappa shape index (κ3) is 6.21. The fourth-order valence-corrected chi connectivity index (χ4v) is 7.01. The normalized spacial score (nSPS) is 14.5. The summed E-state index contributed by atoms with van der Waals surface area (Å²) in [5, 5.41) is 13.5. The van der Waals surface area contributed by atoms with Crippen LogP contribution in [0.3, 0.4) is 0 Å². The van der Waals surface area contributed by atoms with E-state index in [0.29, 0.717) is 48.7 Å². The number of nitro groups is 1. The average molecular weight is 715 g/mol. The van der Waals surface area contributed by atoms with E-state index in [1.54, 1.807) is 39.2 Å². The van der Waals surface area contributed by atoms with Crippen molar-refractivity contribution in [2.75, 3.05) is 13.7 Å². The molecule has 47 heavy (non-hydrogen) atoms. The Morgan fingerprint density at radius 3 is 2.55 bits per heavy atom. The van der Waals surface area contributed by atoms with Gasteiger partial charge in [-0.1, -0.05) is 69.7 Å². The van der Waals surface area contributed by atoms with Crippen molar-refractivity contribution in [3.8, 4) is 11.5 Å². The maximum Gasteiger partial charge on any atom is 0.338 e. The smallest absolute Gasteiger partial charge is 0.338 e. The maximum absolute atomic E-state index is 14.0. The Labute approximate surface area is 281 Å². The molecule has 6 rings (SSSR count). The first kappa shape index (κ1) is 31.9. The number of rotatable bonds is 9. The van der Waals surface area contributed by atoms with Crippen LogP contribution < -0.4 is 24.4 Å². The van der Waals surface area contributed by atoms with Gasteiger partial charge in [-0.25, -0.2) is 9.79 Å². The summed E-state index contributed by atoms with van der Waals surface area (Å²) < 4.78 is 19.7. The molecule has 1 aromatic heterocycles. The number of carbonyl (C=O) groups excluding carboxylic acids is 1. The SMILES string of the molecule is CCOC(=O)C1=C(C)N=c2s/c(=C/c3cc(OC)c(OCc4cccc5ccccc45)cc3Br)c(=O)n2[C@H]1c1ccc([N+](=O)[O-])cc1. The molecule has 10 nitrogen and oxygen atoms in total. The summed E-state index contributed by atoms with van der Waals surface area (Å²) in [6.45, 7) is 3.83. The maximum atomic E-state index is 14.0. The molecule has 0 bridgehead atoms. The number of hydrogen-bond donors (Lipinski definition) is 0. The zero-order valence-corrected chi connectivity index (χ0v) is 28.0. The summed E-state index contributed by atoms with van der Waals surface area (Å²) in [6.07, 6.45) is 1.72. The molecule has 0 unspecified atom stereocenters. The highest BCUT2D eigenvalue weighted by Crippen LogP contribution is 2.35. The van der Waals surface area contributed by atoms with Crippen molar-refractivity contribution < 1.29 is 23.9 Å². The zero-order chi connectivity index (χ0) is 33.2. The third-order valence-electron chi connectivity index (χ3n) is 7.77. The van der Waals surface area contributed by atoms with E-state index in [2.05, 4.69) is 39.1 Å². The molecule has 5 aromatic rings. The monoisotopic (exact) mass is 713 g/mol. The Balaban J connectivity index is 1.40. The van der Waals surface area contributed by atoms with Gasteiger partial charge in [0.05, 0.1) is 40.5 Å². The number of non-ortho nitro benzene ring substituents is 1. The molecule has 238 valence electrons. The van der Waals surface area contributed by atoms with Crippen LogP contribution in [0.5, 0.6) is 11.5 Å². The second kappa shape index (κ2) is 13.3. The van der Waals surface area contributed by atoms with E-state index >= 15 is 0 Å². The molecule has 4 aromatic carbocycles. The lowest BCUT2D eigenvalue weighted by Crippen LogP contribution is -2.39. The van der Waals surface area contributed by atoms with E-state index in [1.165, 1.54) is 40.2 Å². The number of aromatic nitrogens is 1. The predicted octanol–water partition coefficient (Wildman–Crippen LogP) is 6.21. The van der Waals surface area contributed by atoms with Crippen molar-refractivity contribution in [2.45, 2.75) is 26.5 Å². The Hall–Kier alpha value is -5.07. The molecule has 0 saturated heterocycles. The fourth-order valence-electron chi connectivity index (χ4n) is 5.53. The van der Waals surface area contributed by atoms with Crippen molar-refractivity contribution in [1.29, 1.82) is 0 Å². The van der Waals surface area contributed by atoms with E-state index in [0.717, 1.165) is 16.3 Å². The Morgan fingerprint density at radius 2 is 1.83 bits per heavy atom. The lowest BCUT2D eigenvalue weighted by molar-refractivity contribution is -0.384. The molecule has 0 amide bonds. The summed E-state index contributed by atoms with van der Waals surface area (Å²) in [4.78, 5) is 43.0. The van der Waals surface area contributed by atoms with E-state index in [4.69, 9.17) is 14.2 Å². The van der Waals surface area contributed by atoms with Gasteiger partial charge in [-0.05, 0) is 71.7 Å². The summed E-state index contributed by atoms with van der Waals surface area (Å²) >= 11 is 4.80. The first-order chi connectivity index (χ1) is 22.7. The number of nitro benzene ring substituents is 1. The van der Waals surface area contributed by atoms with E-state index in [1.807, 2.05) is 24.3 Å². The number of benzene rings is 4. The quantitative estimate of drug-likeness (QED) is 0.101. The van der Waals surface area contributed by atoms with Gasteiger partial charge in [-0.2, -0.15) is 0 Å². The molecular formula is C35H28BrN3O7S. The average Bonchev–Trinajstić information content (AvgIpc) is 3.37. The summed E-state index contributed by atoms with van der Waals surface area (Å²) in [5.74, 6) is 0.397. The first-order valence-corrected chi connectivity index (χ1v) is 16.2. The first-order valence-electron chi connectivity index (χ1n) is 14.6. The fraction of sp³-hybridized carbons (Fsp3) is 0.171. The molecule has 2 heterocycles. The number of hydrogen-bond acceptors (Lipinski definition) is 9. The molecule has 0 fully saturated rings. The Morgan fingerprint density at radius 1 is 1.09 bits per heavy atom. The summed E-state index contributed by atoms with van der Waals surface area (Å²) in [5.41, 5.74) is 2.31. The van der Waals surface area contributed by atoms with Crippen molar-refractivity contribution in [3.05, 3.63) is 141 Å². The molecule has 1 atom stereocenters. The molecule has 1 aliphatic rings. The minimum atomic E-state index is -0.893. The molecule has 0 spiro atoms. The lowest BCUT2D eigenvalue weighted by Gasteiger charge is -2.24. The Bertz CT molecular complexity index is 2250. The highest BCUT2D eigenvalue weighted by molar-refractivity contribution is 9.10. The largest absolute Gasteiger partial charge is 0.493 e. The number of ether oxygens (including phenoxy) is 3. The number of halogens is 1. The van der Waals surface area contributed by atoms with Gasteiger partial charge < -0.3 is 14.2 Å². The van der Waals surface area contributed by atoms with E-state index < -0.39 is 16.9 Å². The number of fused-ring (bicyclic) bond motifs is 2. The van der Waals surface area contributed by atoms with Crippen LogP contribution in [0.2, 0.25) is 0 Å². The van der Waals surface area contributed by atoms with Crippen molar-refractivity contribution >= 4 is 55.8 Å². The van der Waals surface area contributed by atoms with Crippen molar-refractivity contribution in [2.24, 2.45) is 4.99 Å². The second-order valence-electron chi connectivity index (χ2n) is 10.6. The zero-order valence-electron chi connectivity index (χ0n) is 25.6. The highest BCUT2D eigenvalue weighted by Gasteiger charge is 2.33. The van der Waals surface area contributed by atoms with Gasteiger partial charge in [0, 0.05) is 16.6 Å². The van der Waals surface area contributed by atoms with Crippen LogP contribution in [-0.2, 0) is 16.1 Å². The van der Waals surface area contributed by atoms with Crippen molar-refractivity contribution in [1.82, 2.24) is 4.57 Å². The number of carbonyl (C=O) groups is 1. The highest BCUT2D eigenvalue weighted by atomic mass is 79.9. The standard InChI is InChI=1S/C35H28BrN3O7S/c1-4-45-34(41)31-20(2)37-35-38(32(31)22-12-14-25(15-13-22)39(42)43)33(40)30(47-35)17-24-16-28(44-3)29(18-27(24)36)46-19-23-10-7-9-21-8-5-6-11-26(21)23/h5-18,32H,4,19H2,1-3H3/b30-17+/t32-/m0/s1. The van der Waals surface area contributed by atoms with E-state index in [-0.39, 0.29) is 23.4 Å². The van der Waals surface area contributed by atoms with Crippen LogP contribution in [0, 0.1) is 10.1 Å². The van der Waals surface area contributed by atoms with Crippen LogP contribution in [-0.4, -0.2) is 29.2 Å². The second-order valence-corrected chi connectivity index (χ2v) is 12.5. The predicted molar refractivity (Wildman–Crippen MR) is 182 cm³/mol. The minimum absolute atomic E-state index is 0.108. The van der Waals surface area contributed by atoms with Crippen LogP contribution in [0.1, 0.15) is 36.6 Å². The van der Waals surface area contributed by atoms with E-state index in [9.17, 15) is 19.7 Å². The van der Waals surface area contributed by atoms with Gasteiger partial charge in [0.2, 0.25) is 0 Å². The van der Waals surface area contributed by atoms with Gasteiger partial charge in [-0.3, -0.25) is 19.5 Å². The molecule has 1 aliphatic heterocycles.